The van der Waals surface area contributed by atoms with Gasteiger partial charge in [-0.3, -0.25) is 0 Å². The van der Waals surface area contributed by atoms with Gasteiger partial charge in [-0.05, 0) is 0 Å². The maximum absolute atomic E-state index is 3.71. The molecule has 0 heterocycles. The minimum absolute atomic E-state index is 0.274. The van der Waals surface area contributed by atoms with E-state index in [0.29, 0.717) is 0 Å². The van der Waals surface area contributed by atoms with Gasteiger partial charge >= 0.3 is 112 Å². The Hall–Kier alpha value is 0.371. The number of hydrogen-bond donors (Lipinski definition) is 1. The summed E-state index contributed by atoms with van der Waals surface area (Å²) < 4.78 is 3.71. The van der Waals surface area contributed by atoms with Crippen LogP contribution < -0.4 is 3.80 Å². The Morgan fingerprint density at radius 2 is 1.65 bits per heavy atom. The van der Waals surface area contributed by atoms with Crippen molar-refractivity contribution in [3.8, 4) is 0 Å². The summed E-state index contributed by atoms with van der Waals surface area (Å²) in [5, 5.41) is 6.78. The van der Waals surface area contributed by atoms with E-state index in [0.717, 1.165) is 0 Å². The van der Waals surface area contributed by atoms with Gasteiger partial charge in [0.1, 0.15) is 0 Å². The molecule has 0 aromatic carbocycles. The van der Waals surface area contributed by atoms with Gasteiger partial charge in [-0.1, -0.05) is 0 Å². The topological polar surface area (TPSA) is 12.0 Å². The molecule has 1 aliphatic rings. The van der Waals surface area contributed by atoms with Gasteiger partial charge in [-0.25, -0.2) is 0 Å². The third-order valence-corrected chi connectivity index (χ3v) is 29.2. The van der Waals surface area contributed by atoms with Crippen molar-refractivity contribution in [3.63, 3.8) is 0 Å². The van der Waals surface area contributed by atoms with Crippen molar-refractivity contribution >= 4 is 5.94 Å². The molecule has 0 bridgehead atoms. The van der Waals surface area contributed by atoms with E-state index in [2.05, 4.69) is 68.2 Å². The second-order valence-corrected chi connectivity index (χ2v) is 27.7. The van der Waals surface area contributed by atoms with Gasteiger partial charge in [0, 0.05) is 0 Å². The van der Waals surface area contributed by atoms with E-state index in [1.54, 1.807) is 16.3 Å². The first-order valence-corrected chi connectivity index (χ1v) is 15.8. The van der Waals surface area contributed by atoms with E-state index >= 15 is 0 Å². The van der Waals surface area contributed by atoms with Gasteiger partial charge in [0.2, 0.25) is 0 Å². The van der Waals surface area contributed by atoms with Crippen molar-refractivity contribution in [1.29, 1.82) is 0 Å². The van der Waals surface area contributed by atoms with Gasteiger partial charge in [0.15, 0.2) is 0 Å². The summed E-state index contributed by atoms with van der Waals surface area (Å²) in [7, 11) is 2.17. The molecular formula is C14H29NSiTi. The number of hydrogen-bond acceptors (Lipinski definition) is 1. The molecule has 3 heteroatoms. The van der Waals surface area contributed by atoms with Gasteiger partial charge < -0.3 is 0 Å². The molecule has 98 valence electrons. The first kappa shape index (κ1) is 15.4. The quantitative estimate of drug-likeness (QED) is 0.758. The SMILES string of the molecule is C[NH][Ti]([CH3])([CH3])[Si](C)(C)C1=CC(C)(C)C(C)=C1C. The van der Waals surface area contributed by atoms with Crippen LogP contribution in [0, 0.1) is 5.41 Å². The Labute approximate surface area is 112 Å². The number of nitrogens with one attached hydrogen (secondary N) is 1. The first-order valence-electron chi connectivity index (χ1n) is 6.58. The van der Waals surface area contributed by atoms with Crippen molar-refractivity contribution in [2.45, 2.75) is 51.2 Å². The van der Waals surface area contributed by atoms with Crippen molar-refractivity contribution in [3.05, 3.63) is 22.4 Å². The predicted octanol–water partition coefficient (Wildman–Crippen LogP) is 4.42. The average Bonchev–Trinajstić information content (AvgIpc) is 2.42. The molecule has 0 spiro atoms. The molecule has 0 aromatic rings. The second-order valence-electron chi connectivity index (χ2n) is 7.03. The first-order chi connectivity index (χ1) is 7.47. The minimum atomic E-state index is -1.86. The van der Waals surface area contributed by atoms with Gasteiger partial charge in [0.05, 0.1) is 0 Å². The standard InChI is InChI=1S/C11H19Si.CH4N.2CH3.Ti/c1-8-9(2)11(3,4)7-10(8)12(5)6;1-2;;;/h7H,1-6H3;2H,1H3;2*1H3;/q;-1;;;+1. The van der Waals surface area contributed by atoms with Crippen LogP contribution in [-0.4, -0.2) is 13.0 Å². The van der Waals surface area contributed by atoms with E-state index in [1.807, 2.05) is 0 Å². The van der Waals surface area contributed by atoms with Crippen molar-refractivity contribution in [2.75, 3.05) is 7.05 Å². The van der Waals surface area contributed by atoms with Gasteiger partial charge in [-0.2, -0.15) is 0 Å². The summed E-state index contributed by atoms with van der Waals surface area (Å²) in [6.07, 6.45) is 2.56. The van der Waals surface area contributed by atoms with Crippen LogP contribution in [0.15, 0.2) is 22.4 Å². The molecule has 0 amide bonds. The third-order valence-electron chi connectivity index (χ3n) is 5.30. The van der Waals surface area contributed by atoms with E-state index in [1.165, 1.54) is 0 Å². The van der Waals surface area contributed by atoms with Crippen molar-refractivity contribution in [2.24, 2.45) is 5.41 Å². The molecule has 0 saturated heterocycles. The summed E-state index contributed by atoms with van der Waals surface area (Å²) in [6, 6.07) is 0. The Balaban J connectivity index is 3.29. The second kappa shape index (κ2) is 4.48. The normalized spacial score (nSPS) is 20.9. The fraction of sp³-hybridized carbons (Fsp3) is 0.714. The Bertz CT molecular complexity index is 389. The Morgan fingerprint density at radius 1 is 1.18 bits per heavy atom. The summed E-state index contributed by atoms with van der Waals surface area (Å²) >= 11 is -1.86. The predicted molar refractivity (Wildman–Crippen MR) is 78.5 cm³/mol. The summed E-state index contributed by atoms with van der Waals surface area (Å²) in [4.78, 5) is 0. The summed E-state index contributed by atoms with van der Waals surface area (Å²) in [5.41, 5.74) is 3.43. The number of allylic oxidation sites excluding steroid dienone is 4. The molecule has 0 radical (unpaired) electrons. The van der Waals surface area contributed by atoms with Crippen LogP contribution in [0.2, 0.25) is 23.6 Å². The molecule has 17 heavy (non-hydrogen) atoms. The molecule has 1 rings (SSSR count). The van der Waals surface area contributed by atoms with Crippen LogP contribution in [0.3, 0.4) is 0 Å². The van der Waals surface area contributed by atoms with Crippen LogP contribution in [0.5, 0.6) is 0 Å². The van der Waals surface area contributed by atoms with Crippen LogP contribution in [0.4, 0.5) is 0 Å². The molecule has 1 aliphatic carbocycles. The molecule has 0 aromatic heterocycles. The third kappa shape index (κ3) is 2.42. The van der Waals surface area contributed by atoms with Gasteiger partial charge in [-0.15, -0.1) is 0 Å². The fourth-order valence-electron chi connectivity index (χ4n) is 2.56. The van der Waals surface area contributed by atoms with Gasteiger partial charge in [0.25, 0.3) is 0 Å². The molecule has 1 N–H and O–H groups in total. The fourth-order valence-corrected chi connectivity index (χ4v) is 13.0. The molecule has 0 atom stereocenters. The van der Waals surface area contributed by atoms with Crippen LogP contribution in [0.25, 0.3) is 0 Å². The van der Waals surface area contributed by atoms with Crippen molar-refractivity contribution < 1.29 is 16.1 Å². The van der Waals surface area contributed by atoms with Crippen LogP contribution in [0.1, 0.15) is 27.7 Å². The van der Waals surface area contributed by atoms with Crippen LogP contribution >= 0.6 is 0 Å². The van der Waals surface area contributed by atoms with Crippen LogP contribution in [-0.2, 0) is 16.1 Å². The zero-order valence-electron chi connectivity index (χ0n) is 13.1. The van der Waals surface area contributed by atoms with E-state index < -0.39 is 22.0 Å². The molecule has 0 aliphatic heterocycles. The average molecular weight is 287 g/mol. The monoisotopic (exact) mass is 287 g/mol. The zero-order valence-corrected chi connectivity index (χ0v) is 15.6. The Kier molecular flexibility index (Phi) is 4.07. The molecular weight excluding hydrogens is 258 g/mol. The summed E-state index contributed by atoms with van der Waals surface area (Å²) in [6.45, 7) is 14.5. The molecule has 0 saturated carbocycles. The molecule has 0 unspecified atom stereocenters. The van der Waals surface area contributed by atoms with E-state index in [4.69, 9.17) is 0 Å². The van der Waals surface area contributed by atoms with E-state index in [-0.39, 0.29) is 5.41 Å². The zero-order chi connectivity index (χ0) is 13.6. The maximum atomic E-state index is 3.71. The molecule has 0 fully saturated rings. The molecule has 1 nitrogen and oxygen atoms in total. The van der Waals surface area contributed by atoms with E-state index in [9.17, 15) is 0 Å². The van der Waals surface area contributed by atoms with Crippen molar-refractivity contribution in [1.82, 2.24) is 3.80 Å². The number of rotatable bonds is 3. The Morgan fingerprint density at radius 3 is 1.94 bits per heavy atom. The summed E-state index contributed by atoms with van der Waals surface area (Å²) in [5.74, 6) is -1.31.